The van der Waals surface area contributed by atoms with Gasteiger partial charge in [0.2, 0.25) is 0 Å². The van der Waals surface area contributed by atoms with E-state index in [1.807, 2.05) is 0 Å². The lowest BCUT2D eigenvalue weighted by Crippen LogP contribution is -2.30. The van der Waals surface area contributed by atoms with Gasteiger partial charge < -0.3 is 24.2 Å². The SMILES string of the molecule is CC/C=C\C/C=C\C/C=C\C/C=C\CCCCC(=O)OC(CO)COP(=O)(O)OCC(COC(=O)CCCCCCCCCCC/C=C\CCCCCCCC)OC(=O)CCCC/C=C\C/C=C\C/C=C\C/C=C\CC. The standard InChI is InChI=1S/C64H107O11P/c1-4-7-10-13-16-19-22-25-28-29-30-31-34-35-38-41-44-47-50-53-62(66)71-57-61(75-64(68)55-52-49-46-43-40-37-33-27-24-21-18-15-12-9-6-3)59-73-76(69,70)72-58-60(56-65)74-63(67)54-51-48-45-42-39-36-32-26-23-20-17-14-11-8-5-2/h8-9,11-12,17-18,20-21,25-28,32-33,39-40,42-43,60-61,65H,4-7,10,13-16,19,22-24,29-31,34-38,41,44-59H2,1-3H3,(H,69,70)/b11-8-,12-9-,20-17-,21-18-,28-25-,32-26-,33-27-,42-39-,43-40-. The van der Waals surface area contributed by atoms with Crippen LogP contribution in [0, 0.1) is 0 Å². The minimum atomic E-state index is -4.78. The molecule has 0 aromatic rings. The van der Waals surface area contributed by atoms with Crippen molar-refractivity contribution >= 4 is 25.7 Å². The summed E-state index contributed by atoms with van der Waals surface area (Å²) in [7, 11) is -4.78. The van der Waals surface area contributed by atoms with Crippen molar-refractivity contribution in [3.8, 4) is 0 Å². The van der Waals surface area contributed by atoms with Crippen molar-refractivity contribution in [2.45, 2.75) is 251 Å². The molecule has 0 radical (unpaired) electrons. The molecule has 0 bridgehead atoms. The van der Waals surface area contributed by atoms with Gasteiger partial charge in [0.1, 0.15) is 12.7 Å². The van der Waals surface area contributed by atoms with Crippen molar-refractivity contribution in [3.63, 3.8) is 0 Å². The van der Waals surface area contributed by atoms with E-state index >= 15 is 0 Å². The third-order valence-electron chi connectivity index (χ3n) is 12.2. The van der Waals surface area contributed by atoms with Gasteiger partial charge in [-0.05, 0) is 122 Å². The summed E-state index contributed by atoms with van der Waals surface area (Å²) in [6.45, 7) is 4.32. The van der Waals surface area contributed by atoms with E-state index in [1.54, 1.807) is 0 Å². The minimum Gasteiger partial charge on any atom is -0.462 e. The van der Waals surface area contributed by atoms with Gasteiger partial charge in [-0.3, -0.25) is 23.4 Å². The zero-order valence-electron chi connectivity index (χ0n) is 47.9. The number of phosphoric acid groups is 1. The van der Waals surface area contributed by atoms with Crippen LogP contribution in [0.1, 0.15) is 239 Å². The topological polar surface area (TPSA) is 155 Å². The summed E-state index contributed by atoms with van der Waals surface area (Å²) >= 11 is 0. The first-order valence-corrected chi connectivity index (χ1v) is 31.3. The Morgan fingerprint density at radius 3 is 1.09 bits per heavy atom. The molecule has 0 saturated heterocycles. The van der Waals surface area contributed by atoms with Gasteiger partial charge in [-0.2, -0.15) is 0 Å². The summed E-state index contributed by atoms with van der Waals surface area (Å²) in [4.78, 5) is 48.6. The van der Waals surface area contributed by atoms with Gasteiger partial charge in [0.15, 0.2) is 6.10 Å². The van der Waals surface area contributed by atoms with Crippen LogP contribution in [0.4, 0.5) is 0 Å². The third-order valence-corrected chi connectivity index (χ3v) is 13.1. The molecule has 3 unspecified atom stereocenters. The number of esters is 3. The largest absolute Gasteiger partial charge is 0.472 e. The van der Waals surface area contributed by atoms with Gasteiger partial charge in [0.05, 0.1) is 19.8 Å². The maximum atomic E-state index is 12.9. The highest BCUT2D eigenvalue weighted by atomic mass is 31.2. The van der Waals surface area contributed by atoms with Crippen LogP contribution >= 0.6 is 7.82 Å². The van der Waals surface area contributed by atoms with Crippen molar-refractivity contribution < 1.29 is 52.2 Å². The highest BCUT2D eigenvalue weighted by Gasteiger charge is 2.28. The molecule has 434 valence electrons. The van der Waals surface area contributed by atoms with Crippen LogP contribution in [0.25, 0.3) is 0 Å². The lowest BCUT2D eigenvalue weighted by Gasteiger charge is -2.21. The molecule has 0 aliphatic carbocycles. The zero-order valence-corrected chi connectivity index (χ0v) is 48.8. The predicted octanol–water partition coefficient (Wildman–Crippen LogP) is 17.8. The number of aliphatic hydroxyl groups excluding tert-OH is 1. The molecule has 0 spiro atoms. The van der Waals surface area contributed by atoms with E-state index in [9.17, 15) is 28.9 Å². The Hall–Kier alpha value is -3.86. The second kappa shape index (κ2) is 57.3. The number of unbranched alkanes of at least 4 members (excludes halogenated alkanes) is 19. The smallest absolute Gasteiger partial charge is 0.462 e. The molecule has 0 aliphatic rings. The van der Waals surface area contributed by atoms with E-state index in [4.69, 9.17) is 23.3 Å². The van der Waals surface area contributed by atoms with Crippen LogP contribution in [0.15, 0.2) is 109 Å². The molecule has 0 rings (SSSR count). The zero-order chi connectivity index (χ0) is 55.5. The Kier molecular flexibility index (Phi) is 54.4. The number of hydrogen-bond donors (Lipinski definition) is 2. The molecule has 3 atom stereocenters. The maximum absolute atomic E-state index is 12.9. The van der Waals surface area contributed by atoms with Crippen molar-refractivity contribution in [2.24, 2.45) is 0 Å². The van der Waals surface area contributed by atoms with Crippen LogP contribution in [-0.2, 0) is 42.2 Å². The molecule has 0 aromatic heterocycles. The monoisotopic (exact) mass is 1080 g/mol. The molecule has 0 amide bonds. The molecule has 0 aromatic carbocycles. The third kappa shape index (κ3) is 54.9. The Balaban J connectivity index is 4.80. The van der Waals surface area contributed by atoms with E-state index in [-0.39, 0.29) is 25.9 Å². The molecule has 76 heavy (non-hydrogen) atoms. The number of carbonyl (C=O) groups excluding carboxylic acids is 3. The van der Waals surface area contributed by atoms with Crippen molar-refractivity contribution in [1.82, 2.24) is 0 Å². The van der Waals surface area contributed by atoms with E-state index in [0.717, 1.165) is 96.3 Å². The first kappa shape index (κ1) is 72.1. The molecule has 0 aliphatic heterocycles. The molecule has 0 fully saturated rings. The Labute approximate surface area is 463 Å². The summed E-state index contributed by atoms with van der Waals surface area (Å²) < 4.78 is 39.5. The van der Waals surface area contributed by atoms with Crippen molar-refractivity contribution in [1.29, 1.82) is 0 Å². The Morgan fingerprint density at radius 2 is 0.684 bits per heavy atom. The van der Waals surface area contributed by atoms with Gasteiger partial charge in [-0.25, -0.2) is 4.57 Å². The Bertz CT molecular complexity index is 1690. The number of carbonyl (C=O) groups is 3. The summed E-state index contributed by atoms with van der Waals surface area (Å²) in [5, 5.41) is 9.81. The predicted molar refractivity (Wildman–Crippen MR) is 316 cm³/mol. The Morgan fingerprint density at radius 1 is 0.382 bits per heavy atom. The molecular formula is C64H107O11P. The van der Waals surface area contributed by atoms with Gasteiger partial charge >= 0.3 is 25.7 Å². The van der Waals surface area contributed by atoms with Gasteiger partial charge in [-0.1, -0.05) is 207 Å². The fraction of sp³-hybridized carbons (Fsp3) is 0.672. The van der Waals surface area contributed by atoms with Gasteiger partial charge in [0, 0.05) is 19.3 Å². The fourth-order valence-corrected chi connectivity index (χ4v) is 8.47. The normalized spacial score (nSPS) is 14.1. The summed E-state index contributed by atoms with van der Waals surface area (Å²) in [5.74, 6) is -1.57. The average Bonchev–Trinajstić information content (AvgIpc) is 3.41. The van der Waals surface area contributed by atoms with E-state index in [1.165, 1.54) is 83.5 Å². The number of hydrogen-bond acceptors (Lipinski definition) is 10. The average molecular weight is 1080 g/mol. The molecule has 12 heteroatoms. The number of allylic oxidation sites excluding steroid dienone is 18. The summed E-state index contributed by atoms with van der Waals surface area (Å²) in [5.41, 5.74) is 0. The van der Waals surface area contributed by atoms with Crippen LogP contribution in [0.5, 0.6) is 0 Å². The lowest BCUT2D eigenvalue weighted by atomic mass is 10.1. The van der Waals surface area contributed by atoms with Gasteiger partial charge in [0.25, 0.3) is 0 Å². The number of ether oxygens (including phenoxy) is 3. The van der Waals surface area contributed by atoms with Crippen molar-refractivity contribution in [2.75, 3.05) is 26.4 Å². The number of aliphatic hydroxyl groups is 1. The highest BCUT2D eigenvalue weighted by molar-refractivity contribution is 7.47. The lowest BCUT2D eigenvalue weighted by molar-refractivity contribution is -0.161. The fourth-order valence-electron chi connectivity index (χ4n) is 7.69. The number of phosphoric ester groups is 1. The highest BCUT2D eigenvalue weighted by Crippen LogP contribution is 2.43. The summed E-state index contributed by atoms with van der Waals surface area (Å²) in [6, 6.07) is 0. The molecule has 11 nitrogen and oxygen atoms in total. The van der Waals surface area contributed by atoms with Crippen LogP contribution < -0.4 is 0 Å². The molecule has 2 N–H and O–H groups in total. The summed E-state index contributed by atoms with van der Waals surface area (Å²) in [6.07, 6.45) is 69.1. The van der Waals surface area contributed by atoms with Crippen LogP contribution in [-0.4, -0.2) is 66.5 Å². The molecule has 0 heterocycles. The molecular weight excluding hydrogens is 976 g/mol. The maximum Gasteiger partial charge on any atom is 0.472 e. The first-order valence-electron chi connectivity index (χ1n) is 29.8. The first-order chi connectivity index (χ1) is 37.2. The quantitative estimate of drug-likeness (QED) is 0.0197. The molecule has 0 saturated carbocycles. The van der Waals surface area contributed by atoms with Crippen molar-refractivity contribution in [3.05, 3.63) is 109 Å². The van der Waals surface area contributed by atoms with E-state index in [0.29, 0.717) is 19.3 Å². The van der Waals surface area contributed by atoms with E-state index < -0.39 is 57.8 Å². The number of rotatable bonds is 54. The minimum absolute atomic E-state index is 0.107. The second-order valence-corrected chi connectivity index (χ2v) is 20.8. The van der Waals surface area contributed by atoms with Gasteiger partial charge in [-0.15, -0.1) is 0 Å². The second-order valence-electron chi connectivity index (χ2n) is 19.4. The van der Waals surface area contributed by atoms with Crippen LogP contribution in [0.2, 0.25) is 0 Å². The van der Waals surface area contributed by atoms with E-state index in [2.05, 4.69) is 130 Å². The van der Waals surface area contributed by atoms with Crippen LogP contribution in [0.3, 0.4) is 0 Å².